The first-order chi connectivity index (χ1) is 9.99. The molecule has 0 aromatic heterocycles. The smallest absolute Gasteiger partial charge is 0.240 e. The van der Waals surface area contributed by atoms with Crippen molar-refractivity contribution in [3.05, 3.63) is 35.9 Å². The van der Waals surface area contributed by atoms with Gasteiger partial charge >= 0.3 is 0 Å². The molecule has 6 nitrogen and oxygen atoms in total. The number of amides is 2. The number of β-amino-alcohol motifs (C(OH)–C–C–N with tert-alkyl or cyclic N) is 1. The Morgan fingerprint density at radius 3 is 2.62 bits per heavy atom. The molecule has 114 valence electrons. The van der Waals surface area contributed by atoms with Crippen molar-refractivity contribution in [1.29, 1.82) is 0 Å². The molecule has 1 saturated heterocycles. The lowest BCUT2D eigenvalue weighted by Gasteiger charge is -2.22. The second-order valence-electron chi connectivity index (χ2n) is 5.41. The van der Waals surface area contributed by atoms with Gasteiger partial charge in [-0.3, -0.25) is 9.59 Å². The van der Waals surface area contributed by atoms with Crippen LogP contribution in [0.5, 0.6) is 0 Å². The molecule has 3 atom stereocenters. The molecule has 2 amide bonds. The summed E-state index contributed by atoms with van der Waals surface area (Å²) < 4.78 is 0. The highest BCUT2D eigenvalue weighted by atomic mass is 16.3. The molecule has 5 N–H and O–H groups in total. The summed E-state index contributed by atoms with van der Waals surface area (Å²) in [6, 6.07) is 8.61. The van der Waals surface area contributed by atoms with Crippen molar-refractivity contribution in [2.75, 3.05) is 6.54 Å². The highest BCUT2D eigenvalue weighted by Crippen LogP contribution is 2.21. The molecule has 21 heavy (non-hydrogen) atoms. The standard InChI is InChI=1S/C15H21N3O3/c16-12(10-4-2-1-3-5-10)6-7-14(20)18-9-11(19)8-13(18)15(17)21/h1-5,11-13,19H,6-9,16H2,(H2,17,21). The van der Waals surface area contributed by atoms with Gasteiger partial charge in [0.25, 0.3) is 0 Å². The van der Waals surface area contributed by atoms with E-state index in [-0.39, 0.29) is 31.3 Å². The minimum absolute atomic E-state index is 0.160. The Morgan fingerprint density at radius 1 is 1.33 bits per heavy atom. The number of carbonyl (C=O) groups is 2. The summed E-state index contributed by atoms with van der Waals surface area (Å²) in [5.74, 6) is -0.769. The fourth-order valence-corrected chi connectivity index (χ4v) is 2.65. The van der Waals surface area contributed by atoms with Gasteiger partial charge in [-0.1, -0.05) is 30.3 Å². The predicted octanol–water partition coefficient (Wildman–Crippen LogP) is -0.0863. The number of nitrogens with two attached hydrogens (primary N) is 2. The number of aliphatic hydroxyl groups is 1. The van der Waals surface area contributed by atoms with Crippen molar-refractivity contribution in [3.63, 3.8) is 0 Å². The van der Waals surface area contributed by atoms with Crippen molar-refractivity contribution in [1.82, 2.24) is 4.90 Å². The van der Waals surface area contributed by atoms with Crippen LogP contribution < -0.4 is 11.5 Å². The van der Waals surface area contributed by atoms with E-state index in [0.29, 0.717) is 6.42 Å². The van der Waals surface area contributed by atoms with Gasteiger partial charge in [0, 0.05) is 25.4 Å². The number of benzene rings is 1. The van der Waals surface area contributed by atoms with E-state index in [1.54, 1.807) is 0 Å². The van der Waals surface area contributed by atoms with Crippen LogP contribution in [0.25, 0.3) is 0 Å². The van der Waals surface area contributed by atoms with Crippen LogP contribution in [0.15, 0.2) is 30.3 Å². The number of aliphatic hydroxyl groups excluding tert-OH is 1. The van der Waals surface area contributed by atoms with Crippen LogP contribution in [0.2, 0.25) is 0 Å². The number of nitrogens with zero attached hydrogens (tertiary/aromatic N) is 1. The Bertz CT molecular complexity index is 506. The molecule has 1 aromatic carbocycles. The SMILES string of the molecule is NC(=O)C1CC(O)CN1C(=O)CCC(N)c1ccccc1. The van der Waals surface area contributed by atoms with E-state index in [1.165, 1.54) is 4.90 Å². The summed E-state index contributed by atoms with van der Waals surface area (Å²) in [6.45, 7) is 0.160. The minimum Gasteiger partial charge on any atom is -0.391 e. The van der Waals surface area contributed by atoms with E-state index in [0.717, 1.165) is 5.56 Å². The van der Waals surface area contributed by atoms with Crippen LogP contribution in [0.1, 0.15) is 30.9 Å². The van der Waals surface area contributed by atoms with Gasteiger partial charge in [0.15, 0.2) is 0 Å². The molecule has 0 spiro atoms. The molecular weight excluding hydrogens is 270 g/mol. The first kappa shape index (κ1) is 15.5. The third kappa shape index (κ3) is 3.80. The molecular formula is C15H21N3O3. The van der Waals surface area contributed by atoms with Gasteiger partial charge in [0.2, 0.25) is 11.8 Å². The summed E-state index contributed by atoms with van der Waals surface area (Å²) in [4.78, 5) is 24.9. The van der Waals surface area contributed by atoms with E-state index in [9.17, 15) is 14.7 Å². The van der Waals surface area contributed by atoms with Crippen molar-refractivity contribution >= 4 is 11.8 Å². The van der Waals surface area contributed by atoms with Gasteiger partial charge in [0.1, 0.15) is 6.04 Å². The largest absolute Gasteiger partial charge is 0.391 e. The molecule has 1 heterocycles. The van der Waals surface area contributed by atoms with E-state index >= 15 is 0 Å². The third-order valence-corrected chi connectivity index (χ3v) is 3.82. The van der Waals surface area contributed by atoms with Crippen molar-refractivity contribution < 1.29 is 14.7 Å². The summed E-state index contributed by atoms with van der Waals surface area (Å²) in [5.41, 5.74) is 12.3. The van der Waals surface area contributed by atoms with Crippen LogP contribution >= 0.6 is 0 Å². The summed E-state index contributed by atoms with van der Waals surface area (Å²) in [7, 11) is 0. The monoisotopic (exact) mass is 291 g/mol. The predicted molar refractivity (Wildman–Crippen MR) is 77.9 cm³/mol. The van der Waals surface area contributed by atoms with Crippen molar-refractivity contribution in [2.45, 2.75) is 37.5 Å². The first-order valence-corrected chi connectivity index (χ1v) is 7.06. The molecule has 0 radical (unpaired) electrons. The number of carbonyl (C=O) groups excluding carboxylic acids is 2. The van der Waals surface area contributed by atoms with E-state index in [1.807, 2.05) is 30.3 Å². The molecule has 6 heteroatoms. The van der Waals surface area contributed by atoms with Gasteiger partial charge in [-0.2, -0.15) is 0 Å². The van der Waals surface area contributed by atoms with Crippen LogP contribution in [-0.4, -0.2) is 40.5 Å². The lowest BCUT2D eigenvalue weighted by molar-refractivity contribution is -0.137. The Hall–Kier alpha value is -1.92. The first-order valence-electron chi connectivity index (χ1n) is 7.06. The zero-order valence-corrected chi connectivity index (χ0v) is 11.8. The zero-order valence-electron chi connectivity index (χ0n) is 11.8. The molecule has 2 rings (SSSR count). The van der Waals surface area contributed by atoms with Crippen molar-refractivity contribution in [2.24, 2.45) is 11.5 Å². The Morgan fingerprint density at radius 2 is 2.00 bits per heavy atom. The zero-order chi connectivity index (χ0) is 15.4. The summed E-state index contributed by atoms with van der Waals surface area (Å²) >= 11 is 0. The van der Waals surface area contributed by atoms with Gasteiger partial charge < -0.3 is 21.5 Å². The second kappa shape index (κ2) is 6.69. The quantitative estimate of drug-likeness (QED) is 0.704. The molecule has 1 aliphatic heterocycles. The average molecular weight is 291 g/mol. The lowest BCUT2D eigenvalue weighted by Crippen LogP contribution is -2.43. The normalized spacial score (nSPS) is 23.0. The Balaban J connectivity index is 1.91. The lowest BCUT2D eigenvalue weighted by atomic mass is 10.0. The molecule has 1 aliphatic rings. The third-order valence-electron chi connectivity index (χ3n) is 3.82. The van der Waals surface area contributed by atoms with E-state index in [4.69, 9.17) is 11.5 Å². The minimum atomic E-state index is -0.708. The number of hydrogen-bond donors (Lipinski definition) is 3. The van der Waals surface area contributed by atoms with Gasteiger partial charge in [-0.15, -0.1) is 0 Å². The van der Waals surface area contributed by atoms with Crippen LogP contribution in [0.3, 0.4) is 0 Å². The van der Waals surface area contributed by atoms with Gasteiger partial charge in [0.05, 0.1) is 6.10 Å². The van der Waals surface area contributed by atoms with Crippen LogP contribution in [0.4, 0.5) is 0 Å². The Kier molecular flexibility index (Phi) is 4.93. The van der Waals surface area contributed by atoms with E-state index < -0.39 is 18.1 Å². The number of likely N-dealkylation sites (tertiary alicyclic amines) is 1. The van der Waals surface area contributed by atoms with Crippen LogP contribution in [0, 0.1) is 0 Å². The number of hydrogen-bond acceptors (Lipinski definition) is 4. The number of rotatable bonds is 5. The summed E-state index contributed by atoms with van der Waals surface area (Å²) in [6.07, 6.45) is 0.244. The van der Waals surface area contributed by atoms with Crippen molar-refractivity contribution in [3.8, 4) is 0 Å². The average Bonchev–Trinajstić information content (AvgIpc) is 2.87. The maximum atomic E-state index is 12.2. The maximum absolute atomic E-state index is 12.2. The maximum Gasteiger partial charge on any atom is 0.240 e. The van der Waals surface area contributed by atoms with Crippen LogP contribution in [-0.2, 0) is 9.59 Å². The highest BCUT2D eigenvalue weighted by molar-refractivity contribution is 5.87. The number of primary amides is 1. The highest BCUT2D eigenvalue weighted by Gasteiger charge is 2.37. The fraction of sp³-hybridized carbons (Fsp3) is 0.467. The molecule has 1 aromatic rings. The summed E-state index contributed by atoms with van der Waals surface area (Å²) in [5, 5.41) is 9.60. The van der Waals surface area contributed by atoms with Gasteiger partial charge in [-0.05, 0) is 12.0 Å². The fourth-order valence-electron chi connectivity index (χ4n) is 2.65. The molecule has 3 unspecified atom stereocenters. The molecule has 0 aliphatic carbocycles. The Labute approximate surface area is 123 Å². The molecule has 1 fully saturated rings. The van der Waals surface area contributed by atoms with E-state index in [2.05, 4.69) is 0 Å². The molecule has 0 bridgehead atoms. The molecule has 0 saturated carbocycles. The second-order valence-corrected chi connectivity index (χ2v) is 5.41. The van der Waals surface area contributed by atoms with Gasteiger partial charge in [-0.25, -0.2) is 0 Å². The topological polar surface area (TPSA) is 110 Å².